The quantitative estimate of drug-likeness (QED) is 0.0271. The molecular formula is C78H129N17O27. The van der Waals surface area contributed by atoms with E-state index in [1.807, 2.05) is 0 Å². The molecule has 0 aliphatic carbocycles. The Morgan fingerprint density at radius 2 is 0.615 bits per heavy atom. The molecule has 0 fully saturated rings. The number of aromatic hydroxyl groups is 1. The number of nitrogens with two attached hydrogens (primary N) is 2. The Morgan fingerprint density at radius 3 is 0.992 bits per heavy atom. The molecule has 18 atom stereocenters. The fraction of sp³-hybridized carbons (Fsp3) is 0.679. The van der Waals surface area contributed by atoms with Gasteiger partial charge < -0.3 is 132 Å². The number of phenolic OH excluding ortho intramolecular Hbond substituents is 1. The van der Waals surface area contributed by atoms with Crippen LogP contribution >= 0.6 is 0 Å². The van der Waals surface area contributed by atoms with Crippen LogP contribution in [-0.2, 0) is 97.5 Å². The van der Waals surface area contributed by atoms with Gasteiger partial charge in [-0.15, -0.1) is 0 Å². The number of carbonyl (C=O) groups excluding carboxylic acids is 15. The van der Waals surface area contributed by atoms with Crippen molar-refractivity contribution >= 4 is 112 Å². The maximum absolute atomic E-state index is 14.6. The number of nitrogens with one attached hydrogen (secondary N) is 15. The molecule has 0 saturated heterocycles. The fourth-order valence-electron chi connectivity index (χ4n) is 11.9. The molecule has 0 spiro atoms. The normalized spacial score (nSPS) is 15.8. The largest absolute Gasteiger partial charge is 0.508 e. The molecule has 0 saturated carbocycles. The first-order valence-corrected chi connectivity index (χ1v) is 40.3. The van der Waals surface area contributed by atoms with Crippen LogP contribution < -0.4 is 91.2 Å². The lowest BCUT2D eigenvalue weighted by molar-refractivity contribution is -0.142. The highest BCUT2D eigenvalue weighted by Crippen LogP contribution is 2.18. The number of carbonyl (C=O) groups is 19. The van der Waals surface area contributed by atoms with Crippen molar-refractivity contribution in [2.45, 2.75) is 290 Å². The minimum Gasteiger partial charge on any atom is -0.508 e. The average Bonchev–Trinajstić information content (AvgIpc) is 0.854. The van der Waals surface area contributed by atoms with E-state index in [-0.39, 0.29) is 37.5 Å². The Kier molecular flexibility index (Phi) is 47.7. The molecule has 44 nitrogen and oxygen atoms in total. The van der Waals surface area contributed by atoms with Crippen LogP contribution in [0.1, 0.15) is 181 Å². The van der Waals surface area contributed by atoms with E-state index in [0.717, 1.165) is 20.8 Å². The van der Waals surface area contributed by atoms with Gasteiger partial charge in [0.1, 0.15) is 96.4 Å². The summed E-state index contributed by atoms with van der Waals surface area (Å²) in [5.41, 5.74) is 11.6. The lowest BCUT2D eigenvalue weighted by Crippen LogP contribution is -2.64. The van der Waals surface area contributed by atoms with Gasteiger partial charge in [-0.1, -0.05) is 95.2 Å². The summed E-state index contributed by atoms with van der Waals surface area (Å²) in [5, 5.41) is 117. The lowest BCUT2D eigenvalue weighted by Gasteiger charge is -2.31. The summed E-state index contributed by atoms with van der Waals surface area (Å²) in [6, 6.07) is -20.8. The van der Waals surface area contributed by atoms with Crippen LogP contribution in [-0.4, -0.2) is 275 Å². The number of rotatable bonds is 56. The SMILES string of the molecule is CC(C)C[C@H](NC(=O)[C@H](CC(=O)O)NC(=O)[C@H](CCCCN)NC(=O)[C@H](C)N)C(=O)N[C@@H](CCC(=O)O)C(=O)N[C@H](C(=O)N[C@H](C(=O)N[C@H](C(=O)N[C@@H](CO)C(=O)N[C@H](C(=O)N[C@@H](Cc1ccc(O)cc1)C(=O)N[C@H](C(=O)N[C@@H](CC(C)C)C(=O)N[C@H](C(=O)N[C@@H](CCC(=O)O)C(=O)N[C@@H](C)C(=O)O)C(C)C)C(C)C)[C@@H](C)O)[C@@H](C)O)C(C)C)C(C)C. The number of aliphatic hydroxyl groups is 3. The second kappa shape index (κ2) is 53.5. The molecule has 122 heavy (non-hydrogen) atoms. The van der Waals surface area contributed by atoms with Crippen LogP contribution in [0, 0.1) is 35.5 Å². The highest BCUT2D eigenvalue weighted by atomic mass is 16.4. The van der Waals surface area contributed by atoms with Crippen molar-refractivity contribution in [2.75, 3.05) is 13.2 Å². The molecule has 0 aliphatic heterocycles. The zero-order chi connectivity index (χ0) is 93.6. The van der Waals surface area contributed by atoms with E-state index < -0.39 is 296 Å². The standard InChI is InChI=1S/C78H129N17O27/c1-34(2)29-49(85-68(111)52(32-56(104)105)86-65(108)46(19-17-18-28-79)82-63(106)40(13)80)67(110)83-48(25-27-55(102)103)66(109)90-59(38(9)10)74(117)93-60(39(11)12)75(118)95-62(43(16)98)77(120)89-53(33-96)71(114)94-61(42(15)97)76(119)88-51(31-44-20-22-45(99)23-21-44)70(113)92-58(37(7)8)73(116)87-50(30-35(3)4)69(112)91-57(36(5)6)72(115)84-47(24-26-54(100)101)64(107)81-41(14)78(121)122/h20-23,34-43,46-53,57-62,96-99H,17-19,24-33,79-80H2,1-16H3,(H,81,107)(H,82,106)(H,83,110)(H,84,115)(H,85,111)(H,86,108)(H,87,116)(H,88,119)(H,89,120)(H,90,109)(H,91,112)(H,92,113)(H,93,117)(H,94,114)(H,95,118)(H,100,101)(H,102,103)(H,104,105)(H,121,122)/t40-,41-,42+,43+,46-,47-,48-,49-,50-,51-,52-,53-,57-,58-,59-,60-,61-,62-/m0/s1. The third-order valence-corrected chi connectivity index (χ3v) is 18.9. The first-order valence-electron chi connectivity index (χ1n) is 40.3. The fourth-order valence-corrected chi connectivity index (χ4v) is 11.9. The predicted octanol–water partition coefficient (Wildman–Crippen LogP) is -5.54. The summed E-state index contributed by atoms with van der Waals surface area (Å²) in [6.45, 7) is 22.1. The average molecular weight is 1740 g/mol. The number of benzene rings is 1. The van der Waals surface area contributed by atoms with Gasteiger partial charge in [0, 0.05) is 19.3 Å². The number of aliphatic hydroxyl groups excluding tert-OH is 3. The van der Waals surface area contributed by atoms with Crippen molar-refractivity contribution < 1.29 is 132 Å². The second-order valence-electron chi connectivity index (χ2n) is 32.3. The summed E-state index contributed by atoms with van der Waals surface area (Å²) in [6.07, 6.45) is -7.09. The molecule has 27 N–H and O–H groups in total. The van der Waals surface area contributed by atoms with Crippen molar-refractivity contribution in [2.24, 2.45) is 47.0 Å². The number of aliphatic carboxylic acids is 4. The summed E-state index contributed by atoms with van der Waals surface area (Å²) in [7, 11) is 0. The van der Waals surface area contributed by atoms with Gasteiger partial charge in [-0.2, -0.15) is 0 Å². The van der Waals surface area contributed by atoms with Crippen molar-refractivity contribution in [3.8, 4) is 5.75 Å². The summed E-state index contributed by atoms with van der Waals surface area (Å²) in [4.78, 5) is 257. The molecule has 0 bridgehead atoms. The van der Waals surface area contributed by atoms with Gasteiger partial charge in [0.2, 0.25) is 88.6 Å². The Hall–Kier alpha value is -11.2. The van der Waals surface area contributed by atoms with Crippen LogP contribution in [0.3, 0.4) is 0 Å². The molecule has 44 heteroatoms. The molecule has 1 aromatic carbocycles. The van der Waals surface area contributed by atoms with Crippen LogP contribution in [0.15, 0.2) is 24.3 Å². The van der Waals surface area contributed by atoms with Crippen LogP contribution in [0.5, 0.6) is 5.75 Å². The molecule has 0 heterocycles. The third-order valence-electron chi connectivity index (χ3n) is 18.9. The topological polar surface area (TPSA) is 719 Å². The number of phenols is 1. The molecular weight excluding hydrogens is 1610 g/mol. The van der Waals surface area contributed by atoms with E-state index in [1.165, 1.54) is 86.6 Å². The number of amides is 15. The van der Waals surface area contributed by atoms with E-state index in [1.54, 1.807) is 27.7 Å². The van der Waals surface area contributed by atoms with Gasteiger partial charge in [0.25, 0.3) is 0 Å². The van der Waals surface area contributed by atoms with E-state index in [2.05, 4.69) is 79.8 Å². The minimum atomic E-state index is -2.06. The molecule has 15 amide bonds. The van der Waals surface area contributed by atoms with Crippen LogP contribution in [0.2, 0.25) is 0 Å². The molecule has 1 aromatic rings. The van der Waals surface area contributed by atoms with Gasteiger partial charge >= 0.3 is 23.9 Å². The van der Waals surface area contributed by atoms with Crippen molar-refractivity contribution in [1.82, 2.24) is 79.8 Å². The number of carboxylic acids is 4. The number of carboxylic acid groups (broad SMARTS) is 4. The van der Waals surface area contributed by atoms with E-state index >= 15 is 0 Å². The molecule has 688 valence electrons. The maximum atomic E-state index is 14.6. The van der Waals surface area contributed by atoms with Gasteiger partial charge in [0.05, 0.1) is 31.3 Å². The zero-order valence-electron chi connectivity index (χ0n) is 71.8. The summed E-state index contributed by atoms with van der Waals surface area (Å²) in [5.74, 6) is -26.3. The van der Waals surface area contributed by atoms with Gasteiger partial charge in [0.15, 0.2) is 0 Å². The maximum Gasteiger partial charge on any atom is 0.325 e. The molecule has 0 aromatic heterocycles. The number of hydrogen-bond acceptors (Lipinski definition) is 25. The smallest absolute Gasteiger partial charge is 0.325 e. The van der Waals surface area contributed by atoms with Gasteiger partial charge in [-0.25, -0.2) is 0 Å². The molecule has 1 rings (SSSR count). The van der Waals surface area contributed by atoms with Crippen LogP contribution in [0.4, 0.5) is 0 Å². The van der Waals surface area contributed by atoms with Gasteiger partial charge in [-0.05, 0) is 132 Å². The van der Waals surface area contributed by atoms with E-state index in [9.17, 15) is 132 Å². The predicted molar refractivity (Wildman–Crippen MR) is 435 cm³/mol. The highest BCUT2D eigenvalue weighted by Gasteiger charge is 2.42. The monoisotopic (exact) mass is 1740 g/mol. The Labute approximate surface area is 707 Å². The first kappa shape index (κ1) is 109. The number of hydrogen-bond donors (Lipinski definition) is 25. The van der Waals surface area contributed by atoms with Crippen molar-refractivity contribution in [3.63, 3.8) is 0 Å². The summed E-state index contributed by atoms with van der Waals surface area (Å²) < 4.78 is 0. The lowest BCUT2D eigenvalue weighted by atomic mass is 9.97. The second-order valence-corrected chi connectivity index (χ2v) is 32.3. The number of unbranched alkanes of at least 4 members (excludes halogenated alkanes) is 1. The van der Waals surface area contributed by atoms with E-state index in [0.29, 0.717) is 18.4 Å². The van der Waals surface area contributed by atoms with Crippen molar-refractivity contribution in [1.29, 1.82) is 0 Å². The molecule has 0 radical (unpaired) electrons. The molecule has 0 aliphatic rings. The Bertz CT molecular complexity index is 3750. The Balaban J connectivity index is 3.60. The highest BCUT2D eigenvalue weighted by molar-refractivity contribution is 6.02. The first-order chi connectivity index (χ1) is 56.7. The summed E-state index contributed by atoms with van der Waals surface area (Å²) >= 11 is 0. The van der Waals surface area contributed by atoms with Crippen LogP contribution in [0.25, 0.3) is 0 Å². The van der Waals surface area contributed by atoms with E-state index in [4.69, 9.17) is 11.5 Å². The molecule has 0 unspecified atom stereocenters. The van der Waals surface area contributed by atoms with Gasteiger partial charge in [-0.3, -0.25) is 91.1 Å². The zero-order valence-corrected chi connectivity index (χ0v) is 71.8. The minimum absolute atomic E-state index is 0.00751. The van der Waals surface area contributed by atoms with Crippen molar-refractivity contribution in [3.05, 3.63) is 29.8 Å². The third kappa shape index (κ3) is 39.1. The Morgan fingerprint density at radius 1 is 0.328 bits per heavy atom.